The van der Waals surface area contributed by atoms with Crippen molar-refractivity contribution in [2.24, 2.45) is 0 Å². The van der Waals surface area contributed by atoms with Crippen LogP contribution in [0.15, 0.2) is 0 Å². The number of carbonyl (C=O) groups is 2. The average molecular weight is 241 g/mol. The summed E-state index contributed by atoms with van der Waals surface area (Å²) in [7, 11) is 1.32. The lowest BCUT2D eigenvalue weighted by Gasteiger charge is -2.08. The van der Waals surface area contributed by atoms with Crippen molar-refractivity contribution in [1.82, 2.24) is 0 Å². The van der Waals surface area contributed by atoms with E-state index in [0.29, 0.717) is 21.0 Å². The molecule has 5 heteroatoms. The molecule has 1 rings (SSSR count). The average Bonchev–Trinajstić information content (AvgIpc) is 2.54. The fourth-order valence-electron chi connectivity index (χ4n) is 1.62. The van der Waals surface area contributed by atoms with Crippen LogP contribution >= 0.6 is 11.3 Å². The van der Waals surface area contributed by atoms with E-state index in [2.05, 4.69) is 4.74 Å². The number of ketones is 1. The van der Waals surface area contributed by atoms with E-state index in [0.717, 1.165) is 11.3 Å². The Morgan fingerprint density at radius 1 is 1.38 bits per heavy atom. The summed E-state index contributed by atoms with van der Waals surface area (Å²) in [6.45, 7) is 5.28. The first-order chi connectivity index (χ1) is 7.40. The third-order valence-electron chi connectivity index (χ3n) is 2.27. The van der Waals surface area contributed by atoms with Crippen molar-refractivity contribution in [3.63, 3.8) is 0 Å². The number of hydrogen-bond donors (Lipinski definition) is 1. The number of ether oxygens (including phenoxy) is 1. The summed E-state index contributed by atoms with van der Waals surface area (Å²) in [5.74, 6) is -0.498. The van der Waals surface area contributed by atoms with Crippen LogP contribution < -0.4 is 5.73 Å². The number of nitrogen functional groups attached to an aromatic ring is 1. The highest BCUT2D eigenvalue weighted by molar-refractivity contribution is 7.18. The molecule has 1 aromatic rings. The molecule has 0 aromatic carbocycles. The molecule has 16 heavy (non-hydrogen) atoms. The van der Waals surface area contributed by atoms with Crippen molar-refractivity contribution < 1.29 is 14.3 Å². The minimum Gasteiger partial charge on any atom is -0.465 e. The Morgan fingerprint density at radius 2 is 1.94 bits per heavy atom. The van der Waals surface area contributed by atoms with Crippen LogP contribution in [0, 0.1) is 0 Å². The number of rotatable bonds is 3. The van der Waals surface area contributed by atoms with E-state index in [1.54, 1.807) is 0 Å². The number of hydrogen-bond acceptors (Lipinski definition) is 5. The van der Waals surface area contributed by atoms with Crippen LogP contribution in [0.1, 0.15) is 52.3 Å². The van der Waals surface area contributed by atoms with Crippen LogP contribution in [0.5, 0.6) is 0 Å². The van der Waals surface area contributed by atoms with Crippen molar-refractivity contribution >= 4 is 28.1 Å². The molecule has 88 valence electrons. The maximum atomic E-state index is 11.5. The summed E-state index contributed by atoms with van der Waals surface area (Å²) in [6.07, 6.45) is 0. The molecule has 1 aromatic heterocycles. The second-order valence-electron chi connectivity index (χ2n) is 3.79. The number of carbonyl (C=O) groups excluding carboxylic acids is 2. The number of anilines is 1. The van der Waals surface area contributed by atoms with Gasteiger partial charge in [0.15, 0.2) is 5.78 Å². The summed E-state index contributed by atoms with van der Waals surface area (Å²) in [5, 5.41) is 0.386. The van der Waals surface area contributed by atoms with Gasteiger partial charge in [-0.15, -0.1) is 11.3 Å². The van der Waals surface area contributed by atoms with E-state index in [1.165, 1.54) is 14.0 Å². The quantitative estimate of drug-likeness (QED) is 0.652. The zero-order valence-electron chi connectivity index (χ0n) is 9.79. The van der Waals surface area contributed by atoms with Crippen molar-refractivity contribution in [2.45, 2.75) is 26.7 Å². The van der Waals surface area contributed by atoms with Crippen LogP contribution in [-0.2, 0) is 4.74 Å². The third-order valence-corrected chi connectivity index (χ3v) is 3.29. The third kappa shape index (κ3) is 2.09. The van der Waals surface area contributed by atoms with Crippen molar-refractivity contribution in [3.8, 4) is 0 Å². The number of methoxy groups -OCH3 is 1. The zero-order chi connectivity index (χ0) is 12.5. The Morgan fingerprint density at radius 3 is 2.31 bits per heavy atom. The summed E-state index contributed by atoms with van der Waals surface area (Å²) in [6, 6.07) is 0. The molecule has 0 aliphatic carbocycles. The number of Topliss-reactive ketones (excluding diaryl/α,β-unsaturated/α-hetero) is 1. The molecule has 4 nitrogen and oxygen atoms in total. The fourth-order valence-corrected chi connectivity index (χ4v) is 2.81. The minimum atomic E-state index is -0.437. The lowest BCUT2D eigenvalue weighted by Crippen LogP contribution is -2.07. The molecule has 0 saturated heterocycles. The summed E-state index contributed by atoms with van der Waals surface area (Å²) < 4.78 is 4.68. The monoisotopic (exact) mass is 241 g/mol. The van der Waals surface area contributed by atoms with Crippen LogP contribution in [0.2, 0.25) is 0 Å². The molecule has 0 radical (unpaired) electrons. The first kappa shape index (κ1) is 12.7. The van der Waals surface area contributed by atoms with Gasteiger partial charge in [-0.3, -0.25) is 4.79 Å². The second kappa shape index (κ2) is 4.65. The number of thiophene rings is 1. The molecular weight excluding hydrogens is 226 g/mol. The molecule has 0 unspecified atom stereocenters. The largest absolute Gasteiger partial charge is 0.465 e. The van der Waals surface area contributed by atoms with Gasteiger partial charge in [0.2, 0.25) is 0 Å². The van der Waals surface area contributed by atoms with Crippen LogP contribution in [0.4, 0.5) is 5.00 Å². The summed E-state index contributed by atoms with van der Waals surface area (Å²) >= 11 is 1.11. The van der Waals surface area contributed by atoms with E-state index < -0.39 is 5.97 Å². The van der Waals surface area contributed by atoms with Gasteiger partial charge < -0.3 is 10.5 Å². The van der Waals surface area contributed by atoms with Gasteiger partial charge >= 0.3 is 5.97 Å². The molecule has 0 bridgehead atoms. The molecule has 0 fully saturated rings. The second-order valence-corrected chi connectivity index (χ2v) is 4.84. The SMILES string of the molecule is COC(=O)c1sc(N)c(C(C)=O)c1C(C)C. The predicted molar refractivity (Wildman–Crippen MR) is 64.2 cm³/mol. The van der Waals surface area contributed by atoms with Crippen LogP contribution in [0.3, 0.4) is 0 Å². The Balaban J connectivity index is 3.47. The fraction of sp³-hybridized carbons (Fsp3) is 0.455. The maximum absolute atomic E-state index is 11.5. The Bertz CT molecular complexity index is 435. The molecule has 1 heterocycles. The highest BCUT2D eigenvalue weighted by Gasteiger charge is 2.26. The van der Waals surface area contributed by atoms with Crippen LogP contribution in [0.25, 0.3) is 0 Å². The van der Waals surface area contributed by atoms with E-state index in [1.807, 2.05) is 13.8 Å². The highest BCUT2D eigenvalue weighted by Crippen LogP contribution is 2.36. The smallest absolute Gasteiger partial charge is 0.348 e. The molecule has 0 saturated carbocycles. The lowest BCUT2D eigenvalue weighted by molar-refractivity contribution is 0.0605. The van der Waals surface area contributed by atoms with Crippen molar-refractivity contribution in [2.75, 3.05) is 12.8 Å². The van der Waals surface area contributed by atoms with Gasteiger partial charge in [-0.1, -0.05) is 13.8 Å². The molecule has 0 spiro atoms. The summed E-state index contributed by atoms with van der Waals surface area (Å²) in [4.78, 5) is 23.5. The van der Waals surface area contributed by atoms with Gasteiger partial charge in [0.1, 0.15) is 4.88 Å². The molecule has 0 atom stereocenters. The standard InChI is InChI=1S/C11H15NO3S/c1-5(2)7-8(6(3)13)10(12)16-9(7)11(14)15-4/h5H,12H2,1-4H3. The first-order valence-electron chi connectivity index (χ1n) is 4.91. The van der Waals surface area contributed by atoms with Gasteiger partial charge in [-0.25, -0.2) is 4.79 Å². The Hall–Kier alpha value is -1.36. The van der Waals surface area contributed by atoms with Gasteiger partial charge in [-0.2, -0.15) is 0 Å². The van der Waals surface area contributed by atoms with E-state index in [9.17, 15) is 9.59 Å². The van der Waals surface area contributed by atoms with Gasteiger partial charge in [0.25, 0.3) is 0 Å². The molecule has 0 amide bonds. The molecular formula is C11H15NO3S. The highest BCUT2D eigenvalue weighted by atomic mass is 32.1. The maximum Gasteiger partial charge on any atom is 0.348 e. The predicted octanol–water partition coefficient (Wildman–Crippen LogP) is 2.44. The topological polar surface area (TPSA) is 69.4 Å². The minimum absolute atomic E-state index is 0.0570. The zero-order valence-corrected chi connectivity index (χ0v) is 10.6. The molecule has 0 aliphatic heterocycles. The van der Waals surface area contributed by atoms with Gasteiger partial charge in [0.05, 0.1) is 17.7 Å². The Kier molecular flexibility index (Phi) is 3.70. The summed E-state index contributed by atoms with van der Waals surface area (Å²) in [5.41, 5.74) is 6.92. The van der Waals surface area contributed by atoms with E-state index >= 15 is 0 Å². The van der Waals surface area contributed by atoms with Gasteiger partial charge in [-0.05, 0) is 18.4 Å². The lowest BCUT2D eigenvalue weighted by atomic mass is 9.96. The van der Waals surface area contributed by atoms with Crippen LogP contribution in [-0.4, -0.2) is 18.9 Å². The van der Waals surface area contributed by atoms with Crippen molar-refractivity contribution in [1.29, 1.82) is 0 Å². The molecule has 0 aliphatic rings. The number of nitrogens with two attached hydrogens (primary N) is 1. The van der Waals surface area contributed by atoms with Gasteiger partial charge in [0, 0.05) is 0 Å². The van der Waals surface area contributed by atoms with E-state index in [4.69, 9.17) is 5.73 Å². The Labute approximate surface area is 98.4 Å². The number of esters is 1. The first-order valence-corrected chi connectivity index (χ1v) is 5.73. The van der Waals surface area contributed by atoms with E-state index in [-0.39, 0.29) is 11.7 Å². The van der Waals surface area contributed by atoms with Crippen molar-refractivity contribution in [3.05, 3.63) is 16.0 Å². The molecule has 2 N–H and O–H groups in total. The normalized spacial score (nSPS) is 10.6.